The molecule has 0 aliphatic carbocycles. The second-order valence-electron chi connectivity index (χ2n) is 6.99. The fourth-order valence-corrected chi connectivity index (χ4v) is 4.27. The van der Waals surface area contributed by atoms with Crippen LogP contribution in [0.25, 0.3) is 11.4 Å². The summed E-state index contributed by atoms with van der Waals surface area (Å²) in [5, 5.41) is 20.5. The van der Waals surface area contributed by atoms with Crippen LogP contribution in [0.1, 0.15) is 18.4 Å². The number of ether oxygens (including phenoxy) is 2. The molecule has 1 fully saturated rings. The second kappa shape index (κ2) is 9.27. The number of hydrogen-bond donors (Lipinski definition) is 0. The van der Waals surface area contributed by atoms with Gasteiger partial charge in [0.2, 0.25) is 0 Å². The van der Waals surface area contributed by atoms with E-state index in [1.165, 1.54) is 12.1 Å². The summed E-state index contributed by atoms with van der Waals surface area (Å²) < 4.78 is 13.2. The van der Waals surface area contributed by atoms with E-state index in [0.717, 1.165) is 47.3 Å². The maximum atomic E-state index is 10.8. The molecule has 3 aromatic rings. The highest BCUT2D eigenvalue weighted by Crippen LogP contribution is 2.29. The van der Waals surface area contributed by atoms with Crippen LogP contribution in [-0.2, 0) is 17.0 Å². The van der Waals surface area contributed by atoms with Gasteiger partial charge in [0.1, 0.15) is 5.75 Å². The van der Waals surface area contributed by atoms with Crippen LogP contribution in [-0.4, -0.2) is 39.5 Å². The summed E-state index contributed by atoms with van der Waals surface area (Å²) >= 11 is 1.56. The zero-order valence-electron chi connectivity index (χ0n) is 16.6. The molecule has 0 radical (unpaired) electrons. The summed E-state index contributed by atoms with van der Waals surface area (Å²) in [5.74, 6) is 2.22. The van der Waals surface area contributed by atoms with E-state index in [1.807, 2.05) is 24.3 Å². The number of hydrogen-bond acceptors (Lipinski definition) is 7. The topological polar surface area (TPSA) is 92.3 Å². The van der Waals surface area contributed by atoms with Crippen LogP contribution < -0.4 is 4.74 Å². The fraction of sp³-hybridized carbons (Fsp3) is 0.333. The maximum Gasteiger partial charge on any atom is 0.269 e. The molecule has 0 N–H and O–H groups in total. The molecule has 0 saturated carbocycles. The average Bonchev–Trinajstić information content (AvgIpc) is 3.43. The van der Waals surface area contributed by atoms with Gasteiger partial charge in [-0.15, -0.1) is 10.2 Å². The van der Waals surface area contributed by atoms with Gasteiger partial charge in [-0.2, -0.15) is 0 Å². The SMILES string of the molecule is COc1ccc(-c2nnc(SCc3ccc([N+](=O)[O-])cc3)n2CC2CCCO2)cc1. The zero-order chi connectivity index (χ0) is 20.9. The molecule has 30 heavy (non-hydrogen) atoms. The predicted molar refractivity (Wildman–Crippen MR) is 114 cm³/mol. The highest BCUT2D eigenvalue weighted by atomic mass is 32.2. The van der Waals surface area contributed by atoms with Gasteiger partial charge in [0, 0.05) is 30.1 Å². The van der Waals surface area contributed by atoms with E-state index < -0.39 is 4.92 Å². The number of thioether (sulfide) groups is 1. The van der Waals surface area contributed by atoms with Crippen molar-refractivity contribution in [1.29, 1.82) is 0 Å². The predicted octanol–water partition coefficient (Wildman–Crippen LogP) is 4.33. The van der Waals surface area contributed by atoms with Crippen LogP contribution in [0, 0.1) is 10.1 Å². The first-order chi connectivity index (χ1) is 14.6. The summed E-state index contributed by atoms with van der Waals surface area (Å²) in [4.78, 5) is 10.4. The molecular weight excluding hydrogens is 404 g/mol. The Bertz CT molecular complexity index is 999. The van der Waals surface area contributed by atoms with Gasteiger partial charge in [-0.25, -0.2) is 0 Å². The van der Waals surface area contributed by atoms with E-state index >= 15 is 0 Å². The number of nitro groups is 1. The molecule has 0 amide bonds. The van der Waals surface area contributed by atoms with E-state index in [9.17, 15) is 10.1 Å². The van der Waals surface area contributed by atoms with Gasteiger partial charge in [0.25, 0.3) is 5.69 Å². The smallest absolute Gasteiger partial charge is 0.269 e. The van der Waals surface area contributed by atoms with Crippen molar-refractivity contribution < 1.29 is 14.4 Å². The lowest BCUT2D eigenvalue weighted by atomic mass is 10.2. The largest absolute Gasteiger partial charge is 0.497 e. The third-order valence-electron chi connectivity index (χ3n) is 4.99. The average molecular weight is 426 g/mol. The van der Waals surface area contributed by atoms with Crippen LogP contribution in [0.3, 0.4) is 0 Å². The third kappa shape index (κ3) is 4.63. The van der Waals surface area contributed by atoms with Crippen LogP contribution >= 0.6 is 11.8 Å². The molecule has 2 aromatic carbocycles. The number of benzene rings is 2. The van der Waals surface area contributed by atoms with E-state index in [2.05, 4.69) is 14.8 Å². The molecule has 1 saturated heterocycles. The van der Waals surface area contributed by atoms with E-state index in [4.69, 9.17) is 9.47 Å². The summed E-state index contributed by atoms with van der Waals surface area (Å²) in [6, 6.07) is 14.4. The third-order valence-corrected chi connectivity index (χ3v) is 6.03. The van der Waals surface area contributed by atoms with Crippen molar-refractivity contribution in [1.82, 2.24) is 14.8 Å². The van der Waals surface area contributed by atoms with E-state index in [-0.39, 0.29) is 11.8 Å². The Morgan fingerprint density at radius 3 is 2.60 bits per heavy atom. The van der Waals surface area contributed by atoms with E-state index in [1.54, 1.807) is 31.0 Å². The van der Waals surface area contributed by atoms with Gasteiger partial charge in [-0.05, 0) is 42.7 Å². The first-order valence-electron chi connectivity index (χ1n) is 9.69. The molecule has 1 aliphatic rings. The molecule has 0 spiro atoms. The van der Waals surface area contributed by atoms with Gasteiger partial charge < -0.3 is 9.47 Å². The molecule has 0 bridgehead atoms. The maximum absolute atomic E-state index is 10.8. The standard InChI is InChI=1S/C21H22N4O4S/c1-28-18-10-6-16(7-11-18)20-22-23-21(24(20)13-19-3-2-12-29-19)30-14-15-4-8-17(9-5-15)25(26)27/h4-11,19H,2-3,12-14H2,1H3. The molecule has 1 atom stereocenters. The molecule has 2 heterocycles. The van der Waals surface area contributed by atoms with Crippen molar-refractivity contribution in [2.75, 3.05) is 13.7 Å². The molecule has 9 heteroatoms. The Morgan fingerprint density at radius 2 is 1.97 bits per heavy atom. The normalized spacial score (nSPS) is 16.0. The van der Waals surface area contributed by atoms with Gasteiger partial charge in [0.15, 0.2) is 11.0 Å². The van der Waals surface area contributed by atoms with Crippen molar-refractivity contribution >= 4 is 17.4 Å². The Hall–Kier alpha value is -2.91. The van der Waals surface area contributed by atoms with E-state index in [0.29, 0.717) is 12.3 Å². The van der Waals surface area contributed by atoms with Crippen LogP contribution in [0.4, 0.5) is 5.69 Å². The lowest BCUT2D eigenvalue weighted by Gasteiger charge is -2.15. The van der Waals surface area contributed by atoms with Gasteiger partial charge >= 0.3 is 0 Å². The minimum absolute atomic E-state index is 0.0899. The van der Waals surface area contributed by atoms with Gasteiger partial charge in [0.05, 0.1) is 24.7 Å². The minimum Gasteiger partial charge on any atom is -0.497 e. The quantitative estimate of drug-likeness (QED) is 0.301. The van der Waals surface area contributed by atoms with Crippen molar-refractivity contribution in [3.05, 3.63) is 64.2 Å². The lowest BCUT2D eigenvalue weighted by Crippen LogP contribution is -2.16. The lowest BCUT2D eigenvalue weighted by molar-refractivity contribution is -0.384. The highest BCUT2D eigenvalue weighted by molar-refractivity contribution is 7.98. The van der Waals surface area contributed by atoms with Gasteiger partial charge in [-0.1, -0.05) is 23.9 Å². The monoisotopic (exact) mass is 426 g/mol. The highest BCUT2D eigenvalue weighted by Gasteiger charge is 2.22. The minimum atomic E-state index is -0.393. The molecule has 1 aromatic heterocycles. The van der Waals surface area contributed by atoms with Crippen molar-refractivity contribution in [2.45, 2.75) is 36.4 Å². The van der Waals surface area contributed by atoms with Crippen molar-refractivity contribution in [2.24, 2.45) is 0 Å². The van der Waals surface area contributed by atoms with Crippen molar-refractivity contribution in [3.8, 4) is 17.1 Å². The molecule has 1 unspecified atom stereocenters. The Labute approximate surface area is 178 Å². The molecule has 8 nitrogen and oxygen atoms in total. The van der Waals surface area contributed by atoms with Crippen LogP contribution in [0.2, 0.25) is 0 Å². The number of rotatable bonds is 8. The van der Waals surface area contributed by atoms with Crippen molar-refractivity contribution in [3.63, 3.8) is 0 Å². The number of non-ortho nitro benzene ring substituents is 1. The number of aromatic nitrogens is 3. The zero-order valence-corrected chi connectivity index (χ0v) is 17.4. The molecule has 1 aliphatic heterocycles. The first-order valence-corrected chi connectivity index (χ1v) is 10.7. The van der Waals surface area contributed by atoms with Gasteiger partial charge in [-0.3, -0.25) is 14.7 Å². The van der Waals surface area contributed by atoms with Crippen LogP contribution in [0.5, 0.6) is 5.75 Å². The number of nitrogens with zero attached hydrogens (tertiary/aromatic N) is 4. The summed E-state index contributed by atoms with van der Waals surface area (Å²) in [7, 11) is 1.64. The summed E-state index contributed by atoms with van der Waals surface area (Å²) in [6.45, 7) is 1.48. The second-order valence-corrected chi connectivity index (χ2v) is 7.94. The molecular formula is C21H22N4O4S. The number of methoxy groups -OCH3 is 1. The Kier molecular flexibility index (Phi) is 6.29. The summed E-state index contributed by atoms with van der Waals surface area (Å²) in [5.41, 5.74) is 2.04. The summed E-state index contributed by atoms with van der Waals surface area (Å²) in [6.07, 6.45) is 2.24. The molecule has 4 rings (SSSR count). The van der Waals surface area contributed by atoms with Crippen LogP contribution in [0.15, 0.2) is 53.7 Å². The fourth-order valence-electron chi connectivity index (χ4n) is 3.37. The Balaban J connectivity index is 1.56. The first kappa shape index (κ1) is 20.4. The Morgan fingerprint density at radius 1 is 1.20 bits per heavy atom. The molecule has 156 valence electrons. The number of nitro benzene ring substituents is 1.